The van der Waals surface area contributed by atoms with E-state index in [4.69, 9.17) is 16.2 Å². The van der Waals surface area contributed by atoms with Crippen molar-refractivity contribution in [3.8, 4) is 0 Å². The van der Waals surface area contributed by atoms with Gasteiger partial charge in [0.15, 0.2) is 0 Å². The van der Waals surface area contributed by atoms with E-state index in [0.717, 1.165) is 39.1 Å². The fourth-order valence-corrected chi connectivity index (χ4v) is 2.24. The molecule has 1 rings (SSSR count). The van der Waals surface area contributed by atoms with Crippen LogP contribution in [0.3, 0.4) is 0 Å². The first-order valence-electron chi connectivity index (χ1n) is 6.03. The average Bonchev–Trinajstić information content (AvgIpc) is 2.43. The van der Waals surface area contributed by atoms with Gasteiger partial charge in [0.05, 0.1) is 12.4 Å². The maximum absolute atomic E-state index is 8.90. The largest absolute Gasteiger partial charge is 0.395 e. The fraction of sp³-hybridized carbons (Fsp3) is 0.909. The van der Waals surface area contributed by atoms with Gasteiger partial charge in [0.25, 0.3) is 0 Å². The molecule has 1 aliphatic heterocycles. The van der Waals surface area contributed by atoms with Crippen LogP contribution >= 0.6 is 0 Å². The normalized spacial score (nSPS) is 21.6. The molecule has 16 heavy (non-hydrogen) atoms. The van der Waals surface area contributed by atoms with Crippen LogP contribution in [0.2, 0.25) is 0 Å². The summed E-state index contributed by atoms with van der Waals surface area (Å²) in [5.74, 6) is 0.268. The minimum atomic E-state index is 0.239. The third kappa shape index (κ3) is 4.47. The Kier molecular flexibility index (Phi) is 5.73. The lowest BCUT2D eigenvalue weighted by atomic mass is 10.2. The van der Waals surface area contributed by atoms with Gasteiger partial charge in [-0.2, -0.15) is 0 Å². The number of nitrogens with two attached hydrogens (primary N) is 1. The standard InChI is InChI=1S/C11H24N4O/c1-10(9-11(12)13)15-4-2-3-14(5-6-15)7-8-16/h10,16H,2-9H2,1H3,(H3,12,13). The number of nitrogens with zero attached hydrogens (tertiary/aromatic N) is 2. The topological polar surface area (TPSA) is 76.6 Å². The van der Waals surface area contributed by atoms with Gasteiger partial charge in [-0.1, -0.05) is 0 Å². The Hall–Kier alpha value is -0.650. The first-order valence-corrected chi connectivity index (χ1v) is 6.03. The van der Waals surface area contributed by atoms with Gasteiger partial charge in [0.2, 0.25) is 0 Å². The zero-order valence-corrected chi connectivity index (χ0v) is 10.2. The Morgan fingerprint density at radius 3 is 2.75 bits per heavy atom. The summed E-state index contributed by atoms with van der Waals surface area (Å²) >= 11 is 0. The monoisotopic (exact) mass is 228 g/mol. The molecule has 1 unspecified atom stereocenters. The van der Waals surface area contributed by atoms with E-state index in [1.54, 1.807) is 0 Å². The van der Waals surface area contributed by atoms with E-state index < -0.39 is 0 Å². The third-order valence-electron chi connectivity index (χ3n) is 3.18. The van der Waals surface area contributed by atoms with Crippen LogP contribution in [0.15, 0.2) is 0 Å². The van der Waals surface area contributed by atoms with Crippen LogP contribution in [0.25, 0.3) is 0 Å². The second kappa shape index (κ2) is 6.83. The molecule has 0 aromatic heterocycles. The minimum Gasteiger partial charge on any atom is -0.395 e. The predicted molar refractivity (Wildman–Crippen MR) is 65.7 cm³/mol. The number of amidine groups is 1. The van der Waals surface area contributed by atoms with Crippen LogP contribution in [0.4, 0.5) is 0 Å². The molecule has 0 amide bonds. The molecule has 1 heterocycles. The maximum atomic E-state index is 8.90. The van der Waals surface area contributed by atoms with Crippen LogP contribution in [0.1, 0.15) is 19.8 Å². The van der Waals surface area contributed by atoms with Crippen molar-refractivity contribution in [2.45, 2.75) is 25.8 Å². The fourth-order valence-electron chi connectivity index (χ4n) is 2.24. The highest BCUT2D eigenvalue weighted by Gasteiger charge is 2.19. The number of hydrogen-bond donors (Lipinski definition) is 3. The number of aliphatic hydroxyl groups excluding tert-OH is 1. The van der Waals surface area contributed by atoms with Crippen molar-refractivity contribution in [3.63, 3.8) is 0 Å². The summed E-state index contributed by atoms with van der Waals surface area (Å²) in [7, 11) is 0. The lowest BCUT2D eigenvalue weighted by molar-refractivity contribution is 0.186. The second-order valence-electron chi connectivity index (χ2n) is 4.53. The zero-order valence-electron chi connectivity index (χ0n) is 10.2. The molecule has 1 fully saturated rings. The average molecular weight is 228 g/mol. The van der Waals surface area contributed by atoms with Gasteiger partial charge in [-0.25, -0.2) is 0 Å². The number of rotatable bonds is 5. The summed E-state index contributed by atoms with van der Waals surface area (Å²) < 4.78 is 0. The molecule has 1 saturated heterocycles. The molecule has 5 heteroatoms. The predicted octanol–water partition coefficient (Wildman–Crippen LogP) is -0.299. The molecular weight excluding hydrogens is 204 g/mol. The van der Waals surface area contributed by atoms with Gasteiger partial charge in [-0.05, 0) is 26.4 Å². The van der Waals surface area contributed by atoms with Crippen LogP contribution in [-0.4, -0.2) is 66.1 Å². The maximum Gasteiger partial charge on any atom is 0.0920 e. The number of hydrogen-bond acceptors (Lipinski definition) is 4. The summed E-state index contributed by atoms with van der Waals surface area (Å²) in [6, 6.07) is 0.353. The molecule has 94 valence electrons. The Labute approximate surface area is 97.7 Å². The van der Waals surface area contributed by atoms with Crippen molar-refractivity contribution in [1.29, 1.82) is 5.41 Å². The van der Waals surface area contributed by atoms with Crippen LogP contribution < -0.4 is 5.73 Å². The Balaban J connectivity index is 2.37. The van der Waals surface area contributed by atoms with Crippen molar-refractivity contribution in [2.75, 3.05) is 39.3 Å². The molecule has 4 N–H and O–H groups in total. The van der Waals surface area contributed by atoms with E-state index >= 15 is 0 Å². The van der Waals surface area contributed by atoms with Gasteiger partial charge in [0, 0.05) is 32.1 Å². The van der Waals surface area contributed by atoms with Crippen LogP contribution in [-0.2, 0) is 0 Å². The van der Waals surface area contributed by atoms with Gasteiger partial charge in [-0.15, -0.1) is 0 Å². The molecule has 0 radical (unpaired) electrons. The van der Waals surface area contributed by atoms with E-state index in [2.05, 4.69) is 16.7 Å². The first kappa shape index (κ1) is 13.4. The Morgan fingerprint density at radius 2 is 2.12 bits per heavy atom. The highest BCUT2D eigenvalue weighted by molar-refractivity contribution is 5.77. The van der Waals surface area contributed by atoms with Gasteiger partial charge < -0.3 is 10.8 Å². The molecule has 0 saturated carbocycles. The molecule has 0 aliphatic carbocycles. The number of β-amino-alcohol motifs (C(OH)–C–C–N with tert-alkyl or cyclic N) is 1. The molecule has 1 aliphatic rings. The quantitative estimate of drug-likeness (QED) is 0.446. The van der Waals surface area contributed by atoms with Crippen molar-refractivity contribution < 1.29 is 5.11 Å². The molecule has 0 aromatic rings. The van der Waals surface area contributed by atoms with E-state index in [1.807, 2.05) is 0 Å². The molecule has 0 spiro atoms. The summed E-state index contributed by atoms with van der Waals surface area (Å²) in [6.07, 6.45) is 1.78. The van der Waals surface area contributed by atoms with Crippen molar-refractivity contribution in [3.05, 3.63) is 0 Å². The highest BCUT2D eigenvalue weighted by atomic mass is 16.3. The summed E-state index contributed by atoms with van der Waals surface area (Å²) in [5.41, 5.74) is 5.43. The van der Waals surface area contributed by atoms with Gasteiger partial charge >= 0.3 is 0 Å². The Morgan fingerprint density at radius 1 is 1.38 bits per heavy atom. The Bertz CT molecular complexity index is 222. The zero-order chi connectivity index (χ0) is 12.0. The van der Waals surface area contributed by atoms with Gasteiger partial charge in [-0.3, -0.25) is 15.2 Å². The second-order valence-corrected chi connectivity index (χ2v) is 4.53. The van der Waals surface area contributed by atoms with Crippen LogP contribution in [0.5, 0.6) is 0 Å². The molecule has 0 aromatic carbocycles. The molecule has 5 nitrogen and oxygen atoms in total. The third-order valence-corrected chi connectivity index (χ3v) is 3.18. The van der Waals surface area contributed by atoms with Crippen molar-refractivity contribution in [2.24, 2.45) is 5.73 Å². The summed E-state index contributed by atoms with van der Waals surface area (Å²) in [6.45, 7) is 7.28. The van der Waals surface area contributed by atoms with Crippen molar-refractivity contribution >= 4 is 5.84 Å². The number of aliphatic hydroxyl groups is 1. The van der Waals surface area contributed by atoms with E-state index in [1.165, 1.54) is 0 Å². The van der Waals surface area contributed by atoms with E-state index in [9.17, 15) is 0 Å². The number of nitrogens with one attached hydrogen (secondary N) is 1. The lowest BCUT2D eigenvalue weighted by Gasteiger charge is -2.27. The summed E-state index contributed by atoms with van der Waals surface area (Å²) in [4.78, 5) is 4.68. The molecule has 0 bridgehead atoms. The summed E-state index contributed by atoms with van der Waals surface area (Å²) in [5, 5.41) is 16.2. The highest BCUT2D eigenvalue weighted by Crippen LogP contribution is 2.09. The van der Waals surface area contributed by atoms with Crippen LogP contribution in [0, 0.1) is 5.41 Å². The molecular formula is C11H24N4O. The SMILES string of the molecule is CC(CC(=N)N)N1CCCN(CCO)CC1. The molecule has 1 atom stereocenters. The minimum absolute atomic E-state index is 0.239. The lowest BCUT2D eigenvalue weighted by Crippen LogP contribution is -2.39. The van der Waals surface area contributed by atoms with E-state index in [0.29, 0.717) is 12.5 Å². The first-order chi connectivity index (χ1) is 7.63. The van der Waals surface area contributed by atoms with Crippen molar-refractivity contribution in [1.82, 2.24) is 9.80 Å². The van der Waals surface area contributed by atoms with E-state index in [-0.39, 0.29) is 12.4 Å². The smallest absolute Gasteiger partial charge is 0.0920 e. The van der Waals surface area contributed by atoms with Gasteiger partial charge in [0.1, 0.15) is 0 Å².